The quantitative estimate of drug-likeness (QED) is 0.776. The molecule has 1 atom stereocenters. The number of ether oxygens (including phenoxy) is 1. The molecule has 1 unspecified atom stereocenters. The van der Waals surface area contributed by atoms with Crippen molar-refractivity contribution in [1.82, 2.24) is 15.2 Å². The summed E-state index contributed by atoms with van der Waals surface area (Å²) in [4.78, 5) is 5.43. The van der Waals surface area contributed by atoms with Crippen molar-refractivity contribution >= 4 is 0 Å². The number of nitrogens with zero attached hydrogens (tertiary/aromatic N) is 1. The number of hydrogen-bond acceptors (Lipinski definition) is 3. The molecular formula is C12H21N3O. The van der Waals surface area contributed by atoms with Crippen LogP contribution in [0.2, 0.25) is 0 Å². The third kappa shape index (κ3) is 3.63. The topological polar surface area (TPSA) is 40.3 Å². The minimum absolute atomic E-state index is 0.530. The first-order valence-corrected chi connectivity index (χ1v) is 5.96. The lowest BCUT2D eigenvalue weighted by atomic mass is 10.2. The van der Waals surface area contributed by atoms with Crippen LogP contribution < -0.4 is 5.32 Å². The van der Waals surface area contributed by atoms with Crippen LogP contribution in [-0.4, -0.2) is 49.3 Å². The van der Waals surface area contributed by atoms with Crippen molar-refractivity contribution in [2.24, 2.45) is 0 Å². The van der Waals surface area contributed by atoms with E-state index in [1.54, 1.807) is 0 Å². The molecule has 2 rings (SSSR count). The molecule has 1 aliphatic rings. The first-order valence-electron chi connectivity index (χ1n) is 5.96. The summed E-state index contributed by atoms with van der Waals surface area (Å²) in [5.74, 6) is 0. The van der Waals surface area contributed by atoms with Crippen LogP contribution in [0.25, 0.3) is 0 Å². The molecule has 1 aliphatic heterocycles. The molecule has 0 spiro atoms. The Labute approximate surface area is 97.0 Å². The smallest absolute Gasteiger partial charge is 0.0620 e. The van der Waals surface area contributed by atoms with Gasteiger partial charge in [-0.3, -0.25) is 0 Å². The molecule has 0 saturated carbocycles. The second kappa shape index (κ2) is 6.03. The van der Waals surface area contributed by atoms with Crippen LogP contribution in [0.1, 0.15) is 12.0 Å². The Balaban J connectivity index is 1.65. The van der Waals surface area contributed by atoms with Crippen molar-refractivity contribution in [2.45, 2.75) is 19.0 Å². The zero-order valence-corrected chi connectivity index (χ0v) is 9.91. The van der Waals surface area contributed by atoms with Crippen LogP contribution in [0.5, 0.6) is 0 Å². The van der Waals surface area contributed by atoms with Crippen LogP contribution in [0.3, 0.4) is 0 Å². The number of nitrogens with one attached hydrogen (secondary N) is 2. The molecule has 0 bridgehead atoms. The maximum absolute atomic E-state index is 5.43. The van der Waals surface area contributed by atoms with Crippen molar-refractivity contribution < 1.29 is 4.74 Å². The van der Waals surface area contributed by atoms with Gasteiger partial charge in [-0.25, -0.2) is 0 Å². The second-order valence-corrected chi connectivity index (χ2v) is 4.47. The number of hydrogen-bond donors (Lipinski definition) is 2. The summed E-state index contributed by atoms with van der Waals surface area (Å²) in [7, 11) is 2.16. The Hall–Kier alpha value is -0.840. The Morgan fingerprint density at radius 2 is 2.50 bits per heavy atom. The van der Waals surface area contributed by atoms with Gasteiger partial charge in [-0.05, 0) is 31.6 Å². The zero-order valence-electron chi connectivity index (χ0n) is 9.91. The largest absolute Gasteiger partial charge is 0.379 e. The fourth-order valence-corrected chi connectivity index (χ4v) is 2.03. The van der Waals surface area contributed by atoms with Crippen molar-refractivity contribution in [3.05, 3.63) is 24.0 Å². The van der Waals surface area contributed by atoms with Crippen LogP contribution in [0, 0.1) is 0 Å². The first kappa shape index (κ1) is 11.6. The zero-order chi connectivity index (χ0) is 11.2. The normalized spacial score (nSPS) is 21.5. The van der Waals surface area contributed by atoms with E-state index in [4.69, 9.17) is 4.74 Å². The number of morpholine rings is 1. The van der Waals surface area contributed by atoms with Gasteiger partial charge in [0.05, 0.1) is 13.2 Å². The van der Waals surface area contributed by atoms with E-state index in [0.717, 1.165) is 39.3 Å². The van der Waals surface area contributed by atoms with E-state index < -0.39 is 0 Å². The maximum atomic E-state index is 5.43. The van der Waals surface area contributed by atoms with Crippen LogP contribution in [0.4, 0.5) is 0 Å². The van der Waals surface area contributed by atoms with E-state index in [1.165, 1.54) is 5.56 Å². The van der Waals surface area contributed by atoms with Gasteiger partial charge < -0.3 is 19.9 Å². The van der Waals surface area contributed by atoms with Gasteiger partial charge in [0.15, 0.2) is 0 Å². The highest BCUT2D eigenvalue weighted by molar-refractivity contribution is 5.07. The lowest BCUT2D eigenvalue weighted by Crippen LogP contribution is -2.42. The summed E-state index contributed by atoms with van der Waals surface area (Å²) in [5, 5.41) is 3.48. The molecule has 1 aromatic rings. The molecule has 4 heteroatoms. The summed E-state index contributed by atoms with van der Waals surface area (Å²) in [6, 6.07) is 2.65. The summed E-state index contributed by atoms with van der Waals surface area (Å²) in [5.41, 5.74) is 1.34. The molecule has 0 radical (unpaired) electrons. The number of aromatic nitrogens is 1. The van der Waals surface area contributed by atoms with Gasteiger partial charge in [-0.2, -0.15) is 0 Å². The highest BCUT2D eigenvalue weighted by atomic mass is 16.5. The Morgan fingerprint density at radius 1 is 1.56 bits per heavy atom. The van der Waals surface area contributed by atoms with Gasteiger partial charge in [0.25, 0.3) is 0 Å². The standard InChI is InChI=1S/C12H21N3O/c1-15(9-11-2-4-13-8-11)6-3-12-10-16-7-5-14-12/h2,4,8,12-14H,3,5-7,9-10H2,1H3. The van der Waals surface area contributed by atoms with Gasteiger partial charge in [0.1, 0.15) is 0 Å². The predicted molar refractivity (Wildman–Crippen MR) is 64.4 cm³/mol. The average Bonchev–Trinajstić information content (AvgIpc) is 2.81. The highest BCUT2D eigenvalue weighted by Crippen LogP contribution is 2.04. The van der Waals surface area contributed by atoms with Crippen LogP contribution in [-0.2, 0) is 11.3 Å². The van der Waals surface area contributed by atoms with Gasteiger partial charge in [-0.1, -0.05) is 0 Å². The van der Waals surface area contributed by atoms with E-state index >= 15 is 0 Å². The fraction of sp³-hybridized carbons (Fsp3) is 0.667. The van der Waals surface area contributed by atoms with E-state index in [-0.39, 0.29) is 0 Å². The molecule has 0 aromatic carbocycles. The minimum Gasteiger partial charge on any atom is -0.379 e. The maximum Gasteiger partial charge on any atom is 0.0620 e. The third-order valence-electron chi connectivity index (χ3n) is 2.97. The Bertz CT molecular complexity index is 280. The fourth-order valence-electron chi connectivity index (χ4n) is 2.03. The van der Waals surface area contributed by atoms with Crippen molar-refractivity contribution in [2.75, 3.05) is 33.4 Å². The Kier molecular flexibility index (Phi) is 4.39. The second-order valence-electron chi connectivity index (χ2n) is 4.47. The SMILES string of the molecule is CN(CCC1COCCN1)Cc1cc[nH]c1. The lowest BCUT2D eigenvalue weighted by molar-refractivity contribution is 0.0708. The number of aromatic amines is 1. The summed E-state index contributed by atoms with van der Waals surface area (Å²) in [6.07, 6.45) is 5.18. The van der Waals surface area contributed by atoms with Gasteiger partial charge in [0.2, 0.25) is 0 Å². The molecule has 1 aromatic heterocycles. The Morgan fingerprint density at radius 3 is 3.19 bits per heavy atom. The molecule has 16 heavy (non-hydrogen) atoms. The first-order chi connectivity index (χ1) is 7.84. The molecule has 0 aliphatic carbocycles. The number of rotatable bonds is 5. The molecule has 2 heterocycles. The summed E-state index contributed by atoms with van der Waals surface area (Å²) < 4.78 is 5.43. The van der Waals surface area contributed by atoms with Crippen molar-refractivity contribution in [3.8, 4) is 0 Å². The van der Waals surface area contributed by atoms with E-state index in [9.17, 15) is 0 Å². The van der Waals surface area contributed by atoms with Gasteiger partial charge >= 0.3 is 0 Å². The highest BCUT2D eigenvalue weighted by Gasteiger charge is 2.13. The van der Waals surface area contributed by atoms with Crippen LogP contribution >= 0.6 is 0 Å². The molecule has 4 nitrogen and oxygen atoms in total. The molecular weight excluding hydrogens is 202 g/mol. The lowest BCUT2D eigenvalue weighted by Gasteiger charge is -2.26. The van der Waals surface area contributed by atoms with Gasteiger partial charge in [0, 0.05) is 31.5 Å². The minimum atomic E-state index is 0.530. The molecule has 90 valence electrons. The molecule has 2 N–H and O–H groups in total. The van der Waals surface area contributed by atoms with E-state index in [2.05, 4.69) is 34.5 Å². The monoisotopic (exact) mass is 223 g/mol. The third-order valence-corrected chi connectivity index (χ3v) is 2.97. The van der Waals surface area contributed by atoms with Crippen molar-refractivity contribution in [3.63, 3.8) is 0 Å². The number of H-pyrrole nitrogens is 1. The summed E-state index contributed by atoms with van der Waals surface area (Å²) >= 11 is 0. The summed E-state index contributed by atoms with van der Waals surface area (Å²) in [6.45, 7) is 4.82. The molecule has 0 amide bonds. The molecule has 1 fully saturated rings. The molecule has 1 saturated heterocycles. The van der Waals surface area contributed by atoms with Crippen molar-refractivity contribution in [1.29, 1.82) is 0 Å². The van der Waals surface area contributed by atoms with Gasteiger partial charge in [-0.15, -0.1) is 0 Å². The average molecular weight is 223 g/mol. The predicted octanol–water partition coefficient (Wildman–Crippen LogP) is 0.825. The van der Waals surface area contributed by atoms with E-state index in [1.807, 2.05) is 6.20 Å². The van der Waals surface area contributed by atoms with Crippen LogP contribution in [0.15, 0.2) is 18.5 Å². The van der Waals surface area contributed by atoms with E-state index in [0.29, 0.717) is 6.04 Å².